The molecule has 0 unspecified atom stereocenters. The number of nitrogens with one attached hydrogen (secondary N) is 1. The highest BCUT2D eigenvalue weighted by Crippen LogP contribution is 2.33. The van der Waals surface area contributed by atoms with Gasteiger partial charge in [-0.15, -0.1) is 0 Å². The fourth-order valence-corrected chi connectivity index (χ4v) is 2.33. The zero-order valence-corrected chi connectivity index (χ0v) is 13.1. The molecule has 0 saturated heterocycles. The van der Waals surface area contributed by atoms with Crippen LogP contribution in [0.2, 0.25) is 0 Å². The Bertz CT molecular complexity index is 378. The summed E-state index contributed by atoms with van der Waals surface area (Å²) in [5, 5.41) is 3.54. The lowest BCUT2D eigenvalue weighted by Gasteiger charge is -2.17. The van der Waals surface area contributed by atoms with Crippen LogP contribution in [0.3, 0.4) is 0 Å². The van der Waals surface area contributed by atoms with Gasteiger partial charge in [0.1, 0.15) is 0 Å². The van der Waals surface area contributed by atoms with Gasteiger partial charge in [0.15, 0.2) is 11.5 Å². The van der Waals surface area contributed by atoms with E-state index in [-0.39, 0.29) is 0 Å². The van der Waals surface area contributed by atoms with E-state index in [0.717, 1.165) is 35.4 Å². The van der Waals surface area contributed by atoms with Crippen molar-refractivity contribution >= 4 is 15.9 Å². The second-order valence-electron chi connectivity index (χ2n) is 4.19. The topological polar surface area (TPSA) is 30.5 Å². The summed E-state index contributed by atoms with van der Waals surface area (Å²) in [6.45, 7) is 5.23. The number of ether oxygens (including phenoxy) is 2. The normalized spacial score (nSPS) is 10.8. The largest absolute Gasteiger partial charge is 0.493 e. The summed E-state index contributed by atoms with van der Waals surface area (Å²) in [6.07, 6.45) is 2.28. The molecule has 1 aromatic carbocycles. The highest BCUT2D eigenvalue weighted by atomic mass is 79.9. The van der Waals surface area contributed by atoms with Gasteiger partial charge in [0, 0.05) is 17.1 Å². The van der Waals surface area contributed by atoms with Crippen molar-refractivity contribution in [2.24, 2.45) is 0 Å². The lowest BCUT2D eigenvalue weighted by atomic mass is 10.1. The van der Waals surface area contributed by atoms with Crippen molar-refractivity contribution in [2.75, 3.05) is 14.2 Å². The van der Waals surface area contributed by atoms with Crippen molar-refractivity contribution in [1.29, 1.82) is 0 Å². The van der Waals surface area contributed by atoms with Crippen LogP contribution in [0.4, 0.5) is 0 Å². The van der Waals surface area contributed by atoms with Gasteiger partial charge >= 0.3 is 0 Å². The summed E-state index contributed by atoms with van der Waals surface area (Å²) in [6, 6.07) is 4.52. The van der Waals surface area contributed by atoms with E-state index in [1.165, 1.54) is 5.56 Å². The van der Waals surface area contributed by atoms with E-state index in [2.05, 4.69) is 35.1 Å². The average Bonchev–Trinajstić information content (AvgIpc) is 2.40. The molecule has 102 valence electrons. The van der Waals surface area contributed by atoms with Gasteiger partial charge in [0.05, 0.1) is 14.2 Å². The lowest BCUT2D eigenvalue weighted by Crippen LogP contribution is -2.27. The first kappa shape index (κ1) is 15.3. The molecule has 0 bridgehead atoms. The molecule has 0 saturated carbocycles. The van der Waals surface area contributed by atoms with Gasteiger partial charge in [0.2, 0.25) is 0 Å². The zero-order valence-electron chi connectivity index (χ0n) is 11.5. The van der Waals surface area contributed by atoms with Crippen molar-refractivity contribution in [3.8, 4) is 11.5 Å². The van der Waals surface area contributed by atoms with Crippen LogP contribution < -0.4 is 14.8 Å². The van der Waals surface area contributed by atoms with E-state index in [4.69, 9.17) is 9.47 Å². The maximum Gasteiger partial charge on any atom is 0.161 e. The highest BCUT2D eigenvalue weighted by Gasteiger charge is 2.10. The molecule has 0 radical (unpaired) electrons. The van der Waals surface area contributed by atoms with Gasteiger partial charge in [-0.3, -0.25) is 0 Å². The Hall–Kier alpha value is -0.740. The van der Waals surface area contributed by atoms with Crippen molar-refractivity contribution in [2.45, 2.75) is 39.3 Å². The Balaban J connectivity index is 2.82. The maximum absolute atomic E-state index is 5.32. The maximum atomic E-state index is 5.32. The number of benzene rings is 1. The molecular formula is C14H22BrNO2. The van der Waals surface area contributed by atoms with E-state index < -0.39 is 0 Å². The molecule has 0 amide bonds. The minimum absolute atomic E-state index is 0.560. The molecule has 0 heterocycles. The summed E-state index contributed by atoms with van der Waals surface area (Å²) < 4.78 is 11.6. The van der Waals surface area contributed by atoms with Crippen LogP contribution in [0.25, 0.3) is 0 Å². The van der Waals surface area contributed by atoms with Crippen LogP contribution in [-0.4, -0.2) is 20.3 Å². The Kier molecular flexibility index (Phi) is 6.50. The van der Waals surface area contributed by atoms with Gasteiger partial charge in [-0.05, 0) is 30.5 Å². The smallest absolute Gasteiger partial charge is 0.161 e. The van der Waals surface area contributed by atoms with E-state index in [9.17, 15) is 0 Å². The molecule has 0 spiro atoms. The van der Waals surface area contributed by atoms with Gasteiger partial charge in [0.25, 0.3) is 0 Å². The van der Waals surface area contributed by atoms with Gasteiger partial charge in [-0.25, -0.2) is 0 Å². The standard InChI is InChI=1S/C14H22BrNO2/c1-5-11(6-2)16-9-10-7-13(17-3)14(18-4)8-12(10)15/h7-8,11,16H,5-6,9H2,1-4H3. The molecule has 1 aromatic rings. The molecule has 4 heteroatoms. The molecular weight excluding hydrogens is 294 g/mol. The van der Waals surface area contributed by atoms with Gasteiger partial charge < -0.3 is 14.8 Å². The first-order valence-corrected chi connectivity index (χ1v) is 7.09. The Morgan fingerprint density at radius 2 is 1.67 bits per heavy atom. The van der Waals surface area contributed by atoms with E-state index in [0.29, 0.717) is 6.04 Å². The molecule has 3 nitrogen and oxygen atoms in total. The van der Waals surface area contributed by atoms with Crippen LogP contribution >= 0.6 is 15.9 Å². The molecule has 0 fully saturated rings. The highest BCUT2D eigenvalue weighted by molar-refractivity contribution is 9.10. The predicted octanol–water partition coefficient (Wildman–Crippen LogP) is 3.74. The molecule has 1 N–H and O–H groups in total. The quantitative estimate of drug-likeness (QED) is 0.831. The second kappa shape index (κ2) is 7.64. The van der Waals surface area contributed by atoms with Crippen molar-refractivity contribution in [3.05, 3.63) is 22.2 Å². The fraction of sp³-hybridized carbons (Fsp3) is 0.571. The Labute approximate surface area is 118 Å². The third kappa shape index (κ3) is 3.89. The van der Waals surface area contributed by atoms with Crippen LogP contribution in [0.1, 0.15) is 32.3 Å². The number of hydrogen-bond donors (Lipinski definition) is 1. The minimum Gasteiger partial charge on any atom is -0.493 e. The molecule has 0 aromatic heterocycles. The summed E-state index contributed by atoms with van der Waals surface area (Å²) in [5.41, 5.74) is 1.18. The Morgan fingerprint density at radius 3 is 2.17 bits per heavy atom. The van der Waals surface area contributed by atoms with E-state index in [1.807, 2.05) is 12.1 Å². The van der Waals surface area contributed by atoms with Gasteiger partial charge in [-0.1, -0.05) is 29.8 Å². The van der Waals surface area contributed by atoms with Crippen molar-refractivity contribution < 1.29 is 9.47 Å². The monoisotopic (exact) mass is 315 g/mol. The number of methoxy groups -OCH3 is 2. The van der Waals surface area contributed by atoms with Gasteiger partial charge in [-0.2, -0.15) is 0 Å². The molecule has 0 aliphatic rings. The van der Waals surface area contributed by atoms with Crippen LogP contribution in [0.15, 0.2) is 16.6 Å². The van der Waals surface area contributed by atoms with Crippen molar-refractivity contribution in [3.63, 3.8) is 0 Å². The summed E-state index contributed by atoms with van der Waals surface area (Å²) in [4.78, 5) is 0. The first-order valence-electron chi connectivity index (χ1n) is 6.29. The number of halogens is 1. The first-order chi connectivity index (χ1) is 8.65. The number of hydrogen-bond acceptors (Lipinski definition) is 3. The summed E-state index contributed by atoms with van der Waals surface area (Å²) in [5.74, 6) is 1.51. The third-order valence-corrected chi connectivity index (χ3v) is 3.86. The average molecular weight is 316 g/mol. The SMILES string of the molecule is CCC(CC)NCc1cc(OC)c(OC)cc1Br. The fourth-order valence-electron chi connectivity index (χ4n) is 1.86. The molecule has 0 aliphatic heterocycles. The lowest BCUT2D eigenvalue weighted by molar-refractivity contribution is 0.354. The summed E-state index contributed by atoms with van der Waals surface area (Å²) >= 11 is 3.57. The molecule has 18 heavy (non-hydrogen) atoms. The molecule has 1 rings (SSSR count). The zero-order chi connectivity index (χ0) is 13.5. The second-order valence-corrected chi connectivity index (χ2v) is 5.05. The van der Waals surface area contributed by atoms with E-state index >= 15 is 0 Å². The predicted molar refractivity (Wildman–Crippen MR) is 78.5 cm³/mol. The number of rotatable bonds is 7. The van der Waals surface area contributed by atoms with Crippen LogP contribution in [0, 0.1) is 0 Å². The molecule has 0 aliphatic carbocycles. The molecule has 0 atom stereocenters. The third-order valence-electron chi connectivity index (χ3n) is 3.12. The van der Waals surface area contributed by atoms with Crippen molar-refractivity contribution in [1.82, 2.24) is 5.32 Å². The van der Waals surface area contributed by atoms with Crippen LogP contribution in [-0.2, 0) is 6.54 Å². The minimum atomic E-state index is 0.560. The van der Waals surface area contributed by atoms with E-state index in [1.54, 1.807) is 14.2 Å². The van der Waals surface area contributed by atoms with Crippen LogP contribution in [0.5, 0.6) is 11.5 Å². The summed E-state index contributed by atoms with van der Waals surface area (Å²) in [7, 11) is 3.30. The Morgan fingerprint density at radius 1 is 1.11 bits per heavy atom.